The highest BCUT2D eigenvalue weighted by Gasteiger charge is 2.23. The van der Waals surface area contributed by atoms with Gasteiger partial charge in [-0.05, 0) is 87.2 Å². The molecular weight excluding hydrogens is 1090 g/mol. The number of hydrogen-bond acceptors (Lipinski definition) is 26. The molecule has 0 aliphatic carbocycles. The van der Waals surface area contributed by atoms with Gasteiger partial charge in [0.2, 0.25) is 11.9 Å². The quantitative estimate of drug-likeness (QED) is 0.0147. The maximum atomic E-state index is 12.0. The number of nitrogens with one attached hydrogen (secondary N) is 2. The number of hydrogen-bond donors (Lipinski definition) is 8. The molecule has 3 heterocycles. The van der Waals surface area contributed by atoms with Gasteiger partial charge >= 0.3 is 0 Å². The Bertz CT molecular complexity index is 3560. The van der Waals surface area contributed by atoms with Crippen molar-refractivity contribution in [2.75, 3.05) is 90.9 Å². The number of benzene rings is 4. The lowest BCUT2D eigenvalue weighted by molar-refractivity contribution is 0.398. The summed E-state index contributed by atoms with van der Waals surface area (Å²) in [7, 11) is -8.95. The number of thioether (sulfide) groups is 1. The number of methoxy groups -OCH3 is 3. The summed E-state index contributed by atoms with van der Waals surface area (Å²) in [5.41, 5.74) is 15.5. The second-order valence-corrected chi connectivity index (χ2v) is 22.2. The van der Waals surface area contributed by atoms with E-state index in [0.29, 0.717) is 81.0 Å². The number of azo groups is 1. The monoisotopic (exact) mass is 1140 g/mol. The topological polar surface area (TPSA) is 383 Å². The Morgan fingerprint density at radius 2 is 1.18 bits per heavy atom. The summed E-state index contributed by atoms with van der Waals surface area (Å²) in [6, 6.07) is 11.8. The van der Waals surface area contributed by atoms with E-state index in [2.05, 4.69) is 54.4 Å². The Balaban J connectivity index is 0.000000505. The lowest BCUT2D eigenvalue weighted by Gasteiger charge is -2.25. The highest BCUT2D eigenvalue weighted by atomic mass is 32.2. The molecule has 0 saturated carbocycles. The number of nitrogens with two attached hydrogens (primary N) is 2. The standard InChI is InChI=1S/C35H45N11O9S4.C7H6N2O4S2/c1-8-45(9-2)26-16-23(21(36)15-28(26)53-5)37-33-39-34(41-35(40-33)56-12-13-58(47,48)49)38-24-17-27(46(10-3)11-4)29(54-6)18-25(24)42-43-32-20-14-30(55-7)31(59(50,51)52)19-22(20)44-57-32;8-7-3-1-5(10)6(15(11,12)13)2-4(3)9-14-7/h14-19H,8-13,36H2,1-7H3,(H,47,48,49)(H,50,51,52)(H2,37,38,39,40,41);1-2,10H,8H2,(H,11,12,13). The van der Waals surface area contributed by atoms with Gasteiger partial charge in [0, 0.05) is 54.8 Å². The highest BCUT2D eigenvalue weighted by molar-refractivity contribution is 8.00. The molecule has 0 aliphatic heterocycles. The Hall–Kier alpha value is -6.65. The van der Waals surface area contributed by atoms with E-state index in [9.17, 15) is 39.5 Å². The minimum absolute atomic E-state index is 0.0331. The molecule has 0 atom stereocenters. The van der Waals surface area contributed by atoms with Crippen LogP contribution in [0, 0.1) is 0 Å². The lowest BCUT2D eigenvalue weighted by Crippen LogP contribution is -2.22. The first kappa shape index (κ1) is 56.6. The molecule has 7 aromatic rings. The second kappa shape index (κ2) is 23.7. The Labute approximate surface area is 437 Å². The van der Waals surface area contributed by atoms with Crippen molar-refractivity contribution in [3.63, 3.8) is 0 Å². The van der Waals surface area contributed by atoms with Crippen molar-refractivity contribution in [1.82, 2.24) is 23.7 Å². The average Bonchev–Trinajstić information content (AvgIpc) is 3.92. The maximum Gasteiger partial charge on any atom is 0.298 e. The van der Waals surface area contributed by atoms with Crippen LogP contribution in [0.2, 0.25) is 0 Å². The third-order valence-corrected chi connectivity index (χ3v) is 15.7. The van der Waals surface area contributed by atoms with Crippen LogP contribution in [-0.2, 0) is 30.4 Å². The normalized spacial score (nSPS) is 11.9. The SMILES string of the molecule is CCN(CC)c1cc(Nc2nc(Nc3cc(N(CC)CC)c(OC)cc3N=Nc3snc4cc(S(=O)(=O)O)c(OC)cc34)nc(SCCS(=O)(=O)O)n2)c(N)cc1OC.Nc1snc2cc(S(=O)(=O)O)c(O)cc12. The molecule has 4 aromatic carbocycles. The van der Waals surface area contributed by atoms with Gasteiger partial charge in [0.25, 0.3) is 30.4 Å². The van der Waals surface area contributed by atoms with Crippen molar-refractivity contribution in [2.24, 2.45) is 10.2 Å². The van der Waals surface area contributed by atoms with Gasteiger partial charge in [-0.15, -0.1) is 10.2 Å². The zero-order chi connectivity index (χ0) is 54.3. The third kappa shape index (κ3) is 13.5. The predicted molar refractivity (Wildman–Crippen MR) is 287 cm³/mol. The molecule has 10 N–H and O–H groups in total. The number of nitrogens with zero attached hydrogens (tertiary/aromatic N) is 9. The number of ether oxygens (including phenoxy) is 3. The molecule has 0 fully saturated rings. The van der Waals surface area contributed by atoms with E-state index >= 15 is 0 Å². The Kier molecular flexibility index (Phi) is 18.1. The van der Waals surface area contributed by atoms with Crippen molar-refractivity contribution >= 4 is 143 Å². The summed E-state index contributed by atoms with van der Waals surface area (Å²) >= 11 is 2.92. The number of rotatable bonds is 21. The van der Waals surface area contributed by atoms with Gasteiger partial charge in [-0.2, -0.15) is 49.0 Å². The summed E-state index contributed by atoms with van der Waals surface area (Å²) in [4.78, 5) is 16.9. The molecule has 0 unspecified atom stereocenters. The molecule has 0 aliphatic rings. The average molecular weight is 1140 g/mol. The van der Waals surface area contributed by atoms with Crippen LogP contribution in [0.15, 0.2) is 73.7 Å². The zero-order valence-corrected chi connectivity index (χ0v) is 45.4. The smallest absolute Gasteiger partial charge is 0.298 e. The van der Waals surface area contributed by atoms with Crippen molar-refractivity contribution in [2.45, 2.75) is 42.6 Å². The fourth-order valence-electron chi connectivity index (χ4n) is 7.05. The lowest BCUT2D eigenvalue weighted by atomic mass is 10.2. The van der Waals surface area contributed by atoms with Crippen LogP contribution < -0.4 is 46.1 Å². The number of aromatic nitrogens is 5. The van der Waals surface area contributed by atoms with Gasteiger partial charge in [0.1, 0.15) is 43.5 Å². The van der Waals surface area contributed by atoms with Crippen LogP contribution in [0.5, 0.6) is 23.0 Å². The molecule has 0 radical (unpaired) electrons. The van der Waals surface area contributed by atoms with Crippen LogP contribution in [0.3, 0.4) is 0 Å². The van der Waals surface area contributed by atoms with Gasteiger partial charge in [0.15, 0.2) is 10.2 Å². The van der Waals surface area contributed by atoms with Crippen LogP contribution >= 0.6 is 34.8 Å². The summed E-state index contributed by atoms with van der Waals surface area (Å²) in [6.45, 7) is 10.7. The van der Waals surface area contributed by atoms with Gasteiger partial charge in [-0.1, -0.05) is 11.8 Å². The van der Waals surface area contributed by atoms with E-state index in [4.69, 9.17) is 30.2 Å². The molecule has 0 saturated heterocycles. The number of nitrogen functional groups attached to an aromatic ring is 2. The first-order valence-electron chi connectivity index (χ1n) is 21.7. The van der Waals surface area contributed by atoms with Crippen LogP contribution in [0.1, 0.15) is 27.7 Å². The molecule has 398 valence electrons. The van der Waals surface area contributed by atoms with Gasteiger partial charge in [0.05, 0.1) is 66.6 Å². The molecule has 26 nitrogen and oxygen atoms in total. The highest BCUT2D eigenvalue weighted by Crippen LogP contribution is 2.43. The van der Waals surface area contributed by atoms with Crippen molar-refractivity contribution in [3.05, 3.63) is 48.5 Å². The van der Waals surface area contributed by atoms with Crippen molar-refractivity contribution in [3.8, 4) is 23.0 Å². The molecule has 3 aromatic heterocycles. The van der Waals surface area contributed by atoms with E-state index in [1.807, 2.05) is 33.8 Å². The molecule has 0 bridgehead atoms. The van der Waals surface area contributed by atoms with E-state index in [1.54, 1.807) is 25.3 Å². The molecule has 0 spiro atoms. The first-order valence-corrected chi connectivity index (χ1v) is 28.8. The van der Waals surface area contributed by atoms with E-state index in [-0.39, 0.29) is 39.8 Å². The second-order valence-electron chi connectivity index (χ2n) is 15.2. The predicted octanol–water partition coefficient (Wildman–Crippen LogP) is 7.74. The molecule has 32 heteroatoms. The Morgan fingerprint density at radius 3 is 1.73 bits per heavy atom. The molecular formula is C42H51N13O13S6. The molecule has 0 amide bonds. The minimum Gasteiger partial charge on any atom is -0.506 e. The summed E-state index contributed by atoms with van der Waals surface area (Å²) in [5, 5.41) is 26.5. The van der Waals surface area contributed by atoms with E-state index in [1.165, 1.54) is 26.4 Å². The van der Waals surface area contributed by atoms with E-state index < -0.39 is 51.6 Å². The molecule has 74 heavy (non-hydrogen) atoms. The van der Waals surface area contributed by atoms with Crippen molar-refractivity contribution in [1.29, 1.82) is 0 Å². The zero-order valence-electron chi connectivity index (χ0n) is 40.5. The largest absolute Gasteiger partial charge is 0.506 e. The minimum atomic E-state index is -4.60. The van der Waals surface area contributed by atoms with E-state index in [0.717, 1.165) is 58.3 Å². The van der Waals surface area contributed by atoms with Crippen LogP contribution in [-0.4, -0.2) is 127 Å². The number of phenolic OH excluding ortho intramolecular Hbond substituents is 1. The number of fused-ring (bicyclic) bond motifs is 2. The van der Waals surface area contributed by atoms with Gasteiger partial charge < -0.3 is 51.2 Å². The fourth-order valence-corrected chi connectivity index (χ4v) is 11.2. The number of aromatic hydroxyl groups is 1. The number of anilines is 8. The first-order chi connectivity index (χ1) is 34.9. The molecule has 7 rings (SSSR count). The van der Waals surface area contributed by atoms with Crippen LogP contribution in [0.25, 0.3) is 21.8 Å². The summed E-state index contributed by atoms with van der Waals surface area (Å²) in [5.74, 6) is -0.0911. The number of phenols is 1. The third-order valence-electron chi connectivity index (χ3n) is 10.7. The Morgan fingerprint density at radius 1 is 0.649 bits per heavy atom. The van der Waals surface area contributed by atoms with Gasteiger partial charge in [-0.25, -0.2) is 0 Å². The van der Waals surface area contributed by atoms with Crippen molar-refractivity contribution < 1.29 is 58.2 Å². The fraction of sp³-hybridized carbons (Fsp3) is 0.310. The van der Waals surface area contributed by atoms with Crippen LogP contribution in [0.4, 0.5) is 56.0 Å². The summed E-state index contributed by atoms with van der Waals surface area (Å²) < 4.78 is 121. The summed E-state index contributed by atoms with van der Waals surface area (Å²) in [6.07, 6.45) is 0. The maximum absolute atomic E-state index is 12.0. The van der Waals surface area contributed by atoms with Gasteiger partial charge in [-0.3, -0.25) is 13.7 Å².